The number of carbonyl (C=O) groups is 1. The number of carbonyl (C=O) groups excluding carboxylic acids is 1. The first kappa shape index (κ1) is 18.3. The standard InChI is InChI=1S/C25H18FNO3/c26-19-12-6-4-10-17(19)22-21-23(28)18-11-5-7-13-20(18)30-24(21)25(29)27(22)15-14-16-8-2-1-3-9-16/h1-13,22H,14-15H2. The van der Waals surface area contributed by atoms with Crippen LogP contribution in [0.3, 0.4) is 0 Å². The van der Waals surface area contributed by atoms with E-state index >= 15 is 0 Å². The predicted octanol–water partition coefficient (Wildman–Crippen LogP) is 4.72. The monoisotopic (exact) mass is 399 g/mol. The molecule has 0 aliphatic carbocycles. The molecule has 1 amide bonds. The molecule has 3 aromatic carbocycles. The Bertz CT molecular complexity index is 1310. The zero-order chi connectivity index (χ0) is 20.7. The lowest BCUT2D eigenvalue weighted by atomic mass is 9.98. The molecule has 30 heavy (non-hydrogen) atoms. The van der Waals surface area contributed by atoms with Crippen LogP contribution in [0.5, 0.6) is 0 Å². The Morgan fingerprint density at radius 2 is 1.57 bits per heavy atom. The highest BCUT2D eigenvalue weighted by molar-refractivity contribution is 5.99. The van der Waals surface area contributed by atoms with Crippen molar-refractivity contribution in [1.82, 2.24) is 4.90 Å². The second kappa shape index (κ2) is 7.26. The van der Waals surface area contributed by atoms with Crippen LogP contribution in [-0.4, -0.2) is 17.4 Å². The van der Waals surface area contributed by atoms with Crippen molar-refractivity contribution in [2.45, 2.75) is 12.5 Å². The number of hydrogen-bond acceptors (Lipinski definition) is 3. The molecule has 148 valence electrons. The maximum absolute atomic E-state index is 14.8. The average Bonchev–Trinajstić information content (AvgIpc) is 3.05. The summed E-state index contributed by atoms with van der Waals surface area (Å²) in [5.74, 6) is -0.850. The van der Waals surface area contributed by atoms with Gasteiger partial charge in [-0.15, -0.1) is 0 Å². The maximum Gasteiger partial charge on any atom is 0.290 e. The second-order valence-corrected chi connectivity index (χ2v) is 7.33. The van der Waals surface area contributed by atoms with Crippen LogP contribution in [0, 0.1) is 5.82 Å². The van der Waals surface area contributed by atoms with Gasteiger partial charge in [0, 0.05) is 12.1 Å². The zero-order valence-electron chi connectivity index (χ0n) is 16.0. The van der Waals surface area contributed by atoms with Crippen LogP contribution in [0.25, 0.3) is 11.0 Å². The second-order valence-electron chi connectivity index (χ2n) is 7.33. The molecule has 0 saturated carbocycles. The Hall–Kier alpha value is -3.73. The molecule has 2 heterocycles. The average molecular weight is 399 g/mol. The Kier molecular flexibility index (Phi) is 4.43. The van der Waals surface area contributed by atoms with E-state index in [1.807, 2.05) is 30.3 Å². The molecule has 0 spiro atoms. The minimum Gasteiger partial charge on any atom is -0.450 e. The van der Waals surface area contributed by atoms with Crippen molar-refractivity contribution < 1.29 is 13.6 Å². The van der Waals surface area contributed by atoms with E-state index < -0.39 is 17.8 Å². The first-order valence-electron chi connectivity index (χ1n) is 9.80. The first-order chi connectivity index (χ1) is 14.6. The lowest BCUT2D eigenvalue weighted by molar-refractivity contribution is 0.0728. The molecule has 0 saturated heterocycles. The molecule has 5 rings (SSSR count). The number of halogens is 1. The van der Waals surface area contributed by atoms with Crippen LogP contribution >= 0.6 is 0 Å². The lowest BCUT2D eigenvalue weighted by Crippen LogP contribution is -2.32. The SMILES string of the molecule is O=C1c2oc3ccccc3c(=O)c2C(c2ccccc2F)N1CCc1ccccc1. The van der Waals surface area contributed by atoms with Crippen molar-refractivity contribution in [2.24, 2.45) is 0 Å². The van der Waals surface area contributed by atoms with Crippen molar-refractivity contribution in [3.05, 3.63) is 117 Å². The molecule has 0 fully saturated rings. The number of benzene rings is 3. The first-order valence-corrected chi connectivity index (χ1v) is 9.80. The van der Waals surface area contributed by atoms with Crippen molar-refractivity contribution in [3.8, 4) is 0 Å². The molecule has 5 heteroatoms. The van der Waals surface area contributed by atoms with E-state index in [0.29, 0.717) is 29.5 Å². The van der Waals surface area contributed by atoms with E-state index in [4.69, 9.17) is 4.42 Å². The molecule has 1 aliphatic heterocycles. The summed E-state index contributed by atoms with van der Waals surface area (Å²) in [5.41, 5.74) is 1.61. The van der Waals surface area contributed by atoms with Gasteiger partial charge in [0.1, 0.15) is 11.4 Å². The maximum atomic E-state index is 14.8. The van der Waals surface area contributed by atoms with Crippen LogP contribution in [0.1, 0.15) is 33.3 Å². The highest BCUT2D eigenvalue weighted by Gasteiger charge is 2.43. The third kappa shape index (κ3) is 2.90. The Balaban J connectivity index is 1.67. The molecule has 0 radical (unpaired) electrons. The highest BCUT2D eigenvalue weighted by atomic mass is 19.1. The van der Waals surface area contributed by atoms with Gasteiger partial charge in [0.05, 0.1) is 17.0 Å². The van der Waals surface area contributed by atoms with E-state index in [2.05, 4.69) is 0 Å². The predicted molar refractivity (Wildman–Crippen MR) is 112 cm³/mol. The number of hydrogen-bond donors (Lipinski definition) is 0. The van der Waals surface area contributed by atoms with Crippen LogP contribution in [0.15, 0.2) is 88.1 Å². The van der Waals surface area contributed by atoms with Gasteiger partial charge in [-0.3, -0.25) is 9.59 Å². The highest BCUT2D eigenvalue weighted by Crippen LogP contribution is 2.39. The molecule has 0 N–H and O–H groups in total. The zero-order valence-corrected chi connectivity index (χ0v) is 16.0. The van der Waals surface area contributed by atoms with E-state index in [-0.39, 0.29) is 16.8 Å². The number of para-hydroxylation sites is 1. The Labute approximate surface area is 172 Å². The van der Waals surface area contributed by atoms with Gasteiger partial charge in [-0.2, -0.15) is 0 Å². The van der Waals surface area contributed by atoms with Crippen LogP contribution in [-0.2, 0) is 6.42 Å². The van der Waals surface area contributed by atoms with Gasteiger partial charge >= 0.3 is 0 Å². The summed E-state index contributed by atoms with van der Waals surface area (Å²) in [4.78, 5) is 28.1. The molecule has 4 nitrogen and oxygen atoms in total. The molecular weight excluding hydrogens is 381 g/mol. The van der Waals surface area contributed by atoms with Gasteiger partial charge in [-0.25, -0.2) is 4.39 Å². The van der Waals surface area contributed by atoms with Crippen LogP contribution in [0.2, 0.25) is 0 Å². The van der Waals surface area contributed by atoms with Crippen molar-refractivity contribution >= 4 is 16.9 Å². The fraction of sp³-hybridized carbons (Fsp3) is 0.120. The molecule has 1 aromatic heterocycles. The summed E-state index contributed by atoms with van der Waals surface area (Å²) >= 11 is 0. The molecule has 1 atom stereocenters. The normalized spacial score (nSPS) is 15.6. The van der Waals surface area contributed by atoms with Gasteiger partial charge in [0.15, 0.2) is 5.43 Å². The topological polar surface area (TPSA) is 50.5 Å². The fourth-order valence-corrected chi connectivity index (χ4v) is 4.11. The van der Waals surface area contributed by atoms with Gasteiger partial charge in [0.2, 0.25) is 5.76 Å². The summed E-state index contributed by atoms with van der Waals surface area (Å²) in [7, 11) is 0. The number of rotatable bonds is 4. The smallest absolute Gasteiger partial charge is 0.290 e. The summed E-state index contributed by atoms with van der Waals surface area (Å²) < 4.78 is 20.6. The summed E-state index contributed by atoms with van der Waals surface area (Å²) in [6.07, 6.45) is 0.583. The third-order valence-corrected chi connectivity index (χ3v) is 5.56. The van der Waals surface area contributed by atoms with E-state index in [1.165, 1.54) is 6.07 Å². The quantitative estimate of drug-likeness (QED) is 0.499. The summed E-state index contributed by atoms with van der Waals surface area (Å²) in [6, 6.07) is 22.0. The minimum absolute atomic E-state index is 0.0000136. The molecule has 1 aliphatic rings. The van der Waals surface area contributed by atoms with Crippen molar-refractivity contribution in [3.63, 3.8) is 0 Å². The molecular formula is C25H18FNO3. The lowest BCUT2D eigenvalue weighted by Gasteiger charge is -2.25. The van der Waals surface area contributed by atoms with Gasteiger partial charge in [-0.05, 0) is 30.2 Å². The third-order valence-electron chi connectivity index (χ3n) is 5.56. The van der Waals surface area contributed by atoms with Crippen molar-refractivity contribution in [1.29, 1.82) is 0 Å². The molecule has 0 bridgehead atoms. The summed E-state index contributed by atoms with van der Waals surface area (Å²) in [6.45, 7) is 0.335. The molecule has 4 aromatic rings. The molecule has 1 unspecified atom stereocenters. The van der Waals surface area contributed by atoms with Gasteiger partial charge < -0.3 is 9.32 Å². The van der Waals surface area contributed by atoms with E-state index in [0.717, 1.165) is 5.56 Å². The van der Waals surface area contributed by atoms with Crippen LogP contribution in [0.4, 0.5) is 4.39 Å². The number of fused-ring (bicyclic) bond motifs is 2. The minimum atomic E-state index is -0.821. The van der Waals surface area contributed by atoms with E-state index in [1.54, 1.807) is 47.4 Å². The summed E-state index contributed by atoms with van der Waals surface area (Å²) in [5, 5.41) is 0.385. The Morgan fingerprint density at radius 3 is 2.37 bits per heavy atom. The van der Waals surface area contributed by atoms with Gasteiger partial charge in [0.25, 0.3) is 5.91 Å². The number of amides is 1. The van der Waals surface area contributed by atoms with Gasteiger partial charge in [-0.1, -0.05) is 60.7 Å². The largest absolute Gasteiger partial charge is 0.450 e. The van der Waals surface area contributed by atoms with Crippen molar-refractivity contribution in [2.75, 3.05) is 6.54 Å². The fourth-order valence-electron chi connectivity index (χ4n) is 4.11. The van der Waals surface area contributed by atoms with E-state index in [9.17, 15) is 14.0 Å². The van der Waals surface area contributed by atoms with Crippen LogP contribution < -0.4 is 5.43 Å². The number of nitrogens with zero attached hydrogens (tertiary/aromatic N) is 1. The Morgan fingerprint density at radius 1 is 0.867 bits per heavy atom.